The normalized spacial score (nSPS) is 28.0. The molecule has 3 saturated carbocycles. The number of hydrogen-bond donors (Lipinski definition) is 0. The van der Waals surface area contributed by atoms with Gasteiger partial charge in [-0.1, -0.05) is 0 Å². The SMILES string of the molecule is [CH][PH](C1CCCCC1)(C1CCCCC1)C1CCCCC1.[Ru]. The van der Waals surface area contributed by atoms with Crippen LogP contribution in [0.1, 0.15) is 96.3 Å². The van der Waals surface area contributed by atoms with Crippen LogP contribution in [0.25, 0.3) is 0 Å². The average Bonchev–Trinajstić information content (AvgIpc) is 2.56. The average molecular weight is 396 g/mol. The summed E-state index contributed by atoms with van der Waals surface area (Å²) in [5, 5.41) is 0. The monoisotopic (exact) mass is 396 g/mol. The summed E-state index contributed by atoms with van der Waals surface area (Å²) in [6.07, 6.45) is 22.3. The van der Waals surface area contributed by atoms with E-state index in [1.807, 2.05) is 0 Å². The standard InChI is InChI=1S/C19H35P.Ru/c1-20(17-11-5-2-6-12-17,18-13-7-3-8-14-18)19-15-9-4-10-16-19;/h1,17-20H,2-16H2;. The quantitative estimate of drug-likeness (QED) is 0.383. The molecule has 0 aromatic carbocycles. The van der Waals surface area contributed by atoms with E-state index in [0.29, 0.717) is 0 Å². The van der Waals surface area contributed by atoms with Crippen LogP contribution in [0.5, 0.6) is 0 Å². The van der Waals surface area contributed by atoms with Gasteiger partial charge in [-0.05, 0) is 0 Å². The second-order valence-corrected chi connectivity index (χ2v) is 12.5. The Morgan fingerprint density at radius 3 is 0.952 bits per heavy atom. The molecule has 0 saturated heterocycles. The van der Waals surface area contributed by atoms with E-state index in [2.05, 4.69) is 0 Å². The zero-order valence-corrected chi connectivity index (χ0v) is 16.5. The summed E-state index contributed by atoms with van der Waals surface area (Å²) in [6.45, 7) is 7.46. The molecular weight excluding hydrogens is 360 g/mol. The molecule has 3 aliphatic rings. The van der Waals surface area contributed by atoms with E-state index in [4.69, 9.17) is 6.66 Å². The Bertz CT molecular complexity index is 240. The Balaban J connectivity index is 0.00000161. The molecule has 3 rings (SSSR count). The Morgan fingerprint density at radius 1 is 0.476 bits per heavy atom. The first-order valence-electron chi connectivity index (χ1n) is 9.60. The topological polar surface area (TPSA) is 0 Å². The molecule has 3 fully saturated rings. The van der Waals surface area contributed by atoms with Gasteiger partial charge in [-0.25, -0.2) is 0 Å². The van der Waals surface area contributed by atoms with Crippen molar-refractivity contribution in [1.82, 2.24) is 0 Å². The van der Waals surface area contributed by atoms with Crippen LogP contribution in [-0.2, 0) is 19.5 Å². The fourth-order valence-electron chi connectivity index (χ4n) is 5.81. The zero-order chi connectivity index (χ0) is 13.8. The Kier molecular flexibility index (Phi) is 7.69. The summed E-state index contributed by atoms with van der Waals surface area (Å²) in [5.74, 6) is 0. The smallest absolute Gasteiger partial charge is 0 e. The third-order valence-corrected chi connectivity index (χ3v) is 12.9. The van der Waals surface area contributed by atoms with E-state index in [-0.39, 0.29) is 19.5 Å². The predicted octanol–water partition coefficient (Wildman–Crippen LogP) is 6.40. The molecule has 0 aromatic heterocycles. The van der Waals surface area contributed by atoms with Gasteiger partial charge in [-0.2, -0.15) is 0 Å². The molecule has 124 valence electrons. The van der Waals surface area contributed by atoms with Crippen molar-refractivity contribution in [2.45, 2.75) is 113 Å². The molecule has 2 heteroatoms. The van der Waals surface area contributed by atoms with Crippen molar-refractivity contribution in [3.8, 4) is 0 Å². The van der Waals surface area contributed by atoms with Crippen LogP contribution in [0.15, 0.2) is 0 Å². The first-order valence-corrected chi connectivity index (χ1v) is 11.9. The summed E-state index contributed by atoms with van der Waals surface area (Å²) in [4.78, 5) is 0. The first-order chi connectivity index (χ1) is 9.82. The van der Waals surface area contributed by atoms with Crippen LogP contribution in [0.3, 0.4) is 0 Å². The molecule has 0 heterocycles. The van der Waals surface area contributed by atoms with Gasteiger partial charge in [0, 0.05) is 19.5 Å². The summed E-state index contributed by atoms with van der Waals surface area (Å²) in [5.41, 5.74) is 2.97. The van der Waals surface area contributed by atoms with Crippen LogP contribution >= 0.6 is 7.26 Å². The van der Waals surface area contributed by atoms with Crippen LogP contribution in [0.2, 0.25) is 0 Å². The predicted molar refractivity (Wildman–Crippen MR) is 93.2 cm³/mol. The van der Waals surface area contributed by atoms with Crippen molar-refractivity contribution < 1.29 is 19.5 Å². The van der Waals surface area contributed by atoms with Gasteiger partial charge in [-0.15, -0.1) is 0 Å². The summed E-state index contributed by atoms with van der Waals surface area (Å²) in [6, 6.07) is 0. The summed E-state index contributed by atoms with van der Waals surface area (Å²) < 4.78 is 0. The maximum Gasteiger partial charge on any atom is 0 e. The number of hydrogen-bond acceptors (Lipinski definition) is 0. The second kappa shape index (κ2) is 8.78. The van der Waals surface area contributed by atoms with Gasteiger partial charge in [0.2, 0.25) is 0 Å². The molecule has 0 bridgehead atoms. The second-order valence-electron chi connectivity index (χ2n) is 8.00. The third-order valence-electron chi connectivity index (χ3n) is 6.94. The molecule has 0 aromatic rings. The van der Waals surface area contributed by atoms with E-state index in [1.165, 1.54) is 96.3 Å². The molecular formula is C19H35PRu. The van der Waals surface area contributed by atoms with Crippen LogP contribution in [0.4, 0.5) is 0 Å². The molecule has 3 aliphatic carbocycles. The fourth-order valence-corrected chi connectivity index (χ4v) is 12.0. The Labute approximate surface area is 146 Å². The minimum atomic E-state index is -1.55. The minimum Gasteiger partial charge on any atom is 0 e. The van der Waals surface area contributed by atoms with Crippen molar-refractivity contribution in [1.29, 1.82) is 0 Å². The summed E-state index contributed by atoms with van der Waals surface area (Å²) in [7, 11) is -1.55. The zero-order valence-electron chi connectivity index (χ0n) is 13.8. The molecule has 0 atom stereocenters. The van der Waals surface area contributed by atoms with E-state index in [1.54, 1.807) is 0 Å². The van der Waals surface area contributed by atoms with E-state index in [9.17, 15) is 0 Å². The maximum absolute atomic E-state index is 7.46. The molecule has 0 N–H and O–H groups in total. The Morgan fingerprint density at radius 2 is 0.714 bits per heavy atom. The first kappa shape index (κ1) is 18.4. The molecule has 2 radical (unpaired) electrons. The molecule has 0 spiro atoms. The van der Waals surface area contributed by atoms with Crippen molar-refractivity contribution in [3.05, 3.63) is 6.66 Å². The van der Waals surface area contributed by atoms with Gasteiger partial charge in [0.05, 0.1) is 0 Å². The molecule has 0 nitrogen and oxygen atoms in total. The van der Waals surface area contributed by atoms with Crippen molar-refractivity contribution in [2.75, 3.05) is 0 Å². The van der Waals surface area contributed by atoms with Crippen molar-refractivity contribution in [3.63, 3.8) is 0 Å². The molecule has 0 unspecified atom stereocenters. The van der Waals surface area contributed by atoms with Crippen molar-refractivity contribution in [2.24, 2.45) is 0 Å². The van der Waals surface area contributed by atoms with Gasteiger partial charge >= 0.3 is 127 Å². The Hall–Kier alpha value is 1.05. The molecule has 21 heavy (non-hydrogen) atoms. The van der Waals surface area contributed by atoms with Crippen LogP contribution in [0, 0.1) is 6.66 Å². The molecule has 0 aliphatic heterocycles. The minimum absolute atomic E-state index is 0. The van der Waals surface area contributed by atoms with Gasteiger partial charge < -0.3 is 0 Å². The largest absolute Gasteiger partial charge is 0 e. The van der Waals surface area contributed by atoms with Gasteiger partial charge in [-0.3, -0.25) is 0 Å². The van der Waals surface area contributed by atoms with Crippen LogP contribution in [-0.4, -0.2) is 17.0 Å². The van der Waals surface area contributed by atoms with E-state index in [0.717, 1.165) is 17.0 Å². The van der Waals surface area contributed by atoms with Gasteiger partial charge in [0.1, 0.15) is 0 Å². The fraction of sp³-hybridized carbons (Fsp3) is 0.947. The summed E-state index contributed by atoms with van der Waals surface area (Å²) >= 11 is 0. The van der Waals surface area contributed by atoms with Gasteiger partial charge in [0.15, 0.2) is 0 Å². The van der Waals surface area contributed by atoms with E-state index >= 15 is 0 Å². The maximum atomic E-state index is 7.46. The van der Waals surface area contributed by atoms with Crippen molar-refractivity contribution >= 4 is 7.26 Å². The van der Waals surface area contributed by atoms with Gasteiger partial charge in [0.25, 0.3) is 0 Å². The van der Waals surface area contributed by atoms with Crippen LogP contribution < -0.4 is 0 Å². The molecule has 0 amide bonds. The third kappa shape index (κ3) is 4.12. The number of rotatable bonds is 3. The van der Waals surface area contributed by atoms with E-state index < -0.39 is 7.26 Å².